The molecule has 2 rings (SSSR count). The van der Waals surface area contributed by atoms with Crippen LogP contribution in [0.4, 0.5) is 0 Å². The summed E-state index contributed by atoms with van der Waals surface area (Å²) >= 11 is 1.80. The van der Waals surface area contributed by atoms with E-state index in [0.29, 0.717) is 0 Å². The Balaban J connectivity index is 2.28. The Morgan fingerprint density at radius 2 is 2.15 bits per heavy atom. The van der Waals surface area contributed by atoms with Crippen LogP contribution in [0.2, 0.25) is 6.04 Å². The Hall–Kier alpha value is -0.673. The van der Waals surface area contributed by atoms with Crippen LogP contribution in [0.15, 0.2) is 24.3 Å². The zero-order valence-corrected chi connectivity index (χ0v) is 9.10. The molecule has 1 heterocycles. The molecule has 0 spiro atoms. The zero-order chi connectivity index (χ0) is 9.10. The molecule has 0 N–H and O–H groups in total. The van der Waals surface area contributed by atoms with E-state index in [9.17, 15) is 0 Å². The van der Waals surface area contributed by atoms with Gasteiger partial charge in [0.1, 0.15) is 0 Å². The van der Waals surface area contributed by atoms with Gasteiger partial charge in [0.05, 0.1) is 15.2 Å². The van der Waals surface area contributed by atoms with Crippen LogP contribution >= 0.6 is 11.3 Å². The van der Waals surface area contributed by atoms with Crippen molar-refractivity contribution in [3.63, 3.8) is 0 Å². The molecule has 1 aromatic carbocycles. The third-order valence-electron chi connectivity index (χ3n) is 1.91. The molecular weight excluding hydrogens is 194 g/mol. The van der Waals surface area contributed by atoms with Crippen molar-refractivity contribution in [1.29, 1.82) is 0 Å². The number of hydrogen-bond acceptors (Lipinski definition) is 2. The van der Waals surface area contributed by atoms with Crippen LogP contribution in [0, 0.1) is 0 Å². The minimum absolute atomic E-state index is 1.05. The SMILES string of the molecule is [Si]CCCc1nc2ccccc2s1. The van der Waals surface area contributed by atoms with Gasteiger partial charge in [-0.3, -0.25) is 0 Å². The first kappa shape index (κ1) is 8.90. The summed E-state index contributed by atoms with van der Waals surface area (Å²) in [7, 11) is 3.47. The van der Waals surface area contributed by atoms with Crippen LogP contribution in [-0.4, -0.2) is 15.2 Å². The summed E-state index contributed by atoms with van der Waals surface area (Å²) in [5.41, 5.74) is 1.14. The average Bonchev–Trinajstić information content (AvgIpc) is 2.57. The van der Waals surface area contributed by atoms with Gasteiger partial charge in [0.15, 0.2) is 0 Å². The molecule has 0 unspecified atom stereocenters. The predicted octanol–water partition coefficient (Wildman–Crippen LogP) is 2.82. The van der Waals surface area contributed by atoms with Gasteiger partial charge in [-0.2, -0.15) is 0 Å². The second-order valence-electron chi connectivity index (χ2n) is 2.93. The number of para-hydroxylation sites is 1. The highest BCUT2D eigenvalue weighted by molar-refractivity contribution is 7.18. The largest absolute Gasteiger partial charge is 0.241 e. The fraction of sp³-hybridized carbons (Fsp3) is 0.300. The van der Waals surface area contributed by atoms with Gasteiger partial charge in [-0.15, -0.1) is 11.3 Å². The minimum atomic E-state index is 1.05. The topological polar surface area (TPSA) is 12.9 Å². The van der Waals surface area contributed by atoms with Gasteiger partial charge >= 0.3 is 0 Å². The highest BCUT2D eigenvalue weighted by atomic mass is 32.1. The second-order valence-corrected chi connectivity index (χ2v) is 4.54. The summed E-state index contributed by atoms with van der Waals surface area (Å²) in [5.74, 6) is 0. The van der Waals surface area contributed by atoms with Gasteiger partial charge in [-0.05, 0) is 25.0 Å². The van der Waals surface area contributed by atoms with Crippen molar-refractivity contribution in [2.75, 3.05) is 0 Å². The molecule has 0 saturated heterocycles. The van der Waals surface area contributed by atoms with E-state index >= 15 is 0 Å². The Morgan fingerprint density at radius 1 is 1.31 bits per heavy atom. The summed E-state index contributed by atoms with van der Waals surface area (Å²) in [6.45, 7) is 0. The van der Waals surface area contributed by atoms with Gasteiger partial charge in [0.25, 0.3) is 0 Å². The molecule has 0 aliphatic heterocycles. The molecule has 0 aliphatic carbocycles. The standard InChI is InChI=1S/C10H10NSSi/c13-7-3-6-10-11-8-4-1-2-5-9(8)12-10/h1-2,4-5H,3,6-7H2. The molecule has 1 aromatic heterocycles. The van der Waals surface area contributed by atoms with Gasteiger partial charge in [-0.1, -0.05) is 18.2 Å². The van der Waals surface area contributed by atoms with Crippen molar-refractivity contribution < 1.29 is 0 Å². The van der Waals surface area contributed by atoms with Crippen molar-refractivity contribution in [1.82, 2.24) is 4.98 Å². The predicted molar refractivity (Wildman–Crippen MR) is 58.5 cm³/mol. The van der Waals surface area contributed by atoms with Gasteiger partial charge in [0.2, 0.25) is 0 Å². The number of thiazole rings is 1. The molecule has 2 aromatic rings. The smallest absolute Gasteiger partial charge is 0.0938 e. The number of aryl methyl sites for hydroxylation is 1. The fourth-order valence-corrected chi connectivity index (χ4v) is 2.45. The molecule has 0 bridgehead atoms. The summed E-state index contributed by atoms with van der Waals surface area (Å²) < 4.78 is 1.30. The molecular formula is C10H10NSSi. The number of hydrogen-bond donors (Lipinski definition) is 0. The lowest BCUT2D eigenvalue weighted by atomic mass is 10.3. The molecule has 65 valence electrons. The van der Waals surface area contributed by atoms with E-state index in [0.717, 1.165) is 24.4 Å². The van der Waals surface area contributed by atoms with Crippen molar-refractivity contribution in [2.45, 2.75) is 18.9 Å². The summed E-state index contributed by atoms with van der Waals surface area (Å²) in [6.07, 6.45) is 2.25. The molecule has 3 radical (unpaired) electrons. The maximum atomic E-state index is 4.55. The number of fused-ring (bicyclic) bond motifs is 1. The molecule has 13 heavy (non-hydrogen) atoms. The van der Waals surface area contributed by atoms with Crippen LogP contribution in [0.3, 0.4) is 0 Å². The van der Waals surface area contributed by atoms with E-state index in [1.165, 1.54) is 9.71 Å². The zero-order valence-electron chi connectivity index (χ0n) is 7.29. The third kappa shape index (κ3) is 1.98. The summed E-state index contributed by atoms with van der Waals surface area (Å²) in [5, 5.41) is 1.25. The molecule has 0 fully saturated rings. The molecule has 0 saturated carbocycles. The van der Waals surface area contributed by atoms with Crippen molar-refractivity contribution in [3.05, 3.63) is 29.3 Å². The van der Waals surface area contributed by atoms with Gasteiger partial charge in [0, 0.05) is 10.2 Å². The van der Waals surface area contributed by atoms with Gasteiger partial charge in [-0.25, -0.2) is 4.98 Å². The monoisotopic (exact) mass is 204 g/mol. The van der Waals surface area contributed by atoms with E-state index in [4.69, 9.17) is 0 Å². The maximum Gasteiger partial charge on any atom is 0.0938 e. The first-order valence-electron chi connectivity index (χ1n) is 4.39. The Kier molecular flexibility index (Phi) is 2.76. The lowest BCUT2D eigenvalue weighted by Crippen LogP contribution is -1.81. The maximum absolute atomic E-state index is 4.55. The highest BCUT2D eigenvalue weighted by Crippen LogP contribution is 2.22. The van der Waals surface area contributed by atoms with Crippen LogP contribution in [0.5, 0.6) is 0 Å². The Labute approximate surface area is 85.2 Å². The van der Waals surface area contributed by atoms with Crippen LogP contribution in [-0.2, 0) is 6.42 Å². The lowest BCUT2D eigenvalue weighted by molar-refractivity contribution is 0.910. The summed E-state index contributed by atoms with van der Waals surface area (Å²) in [4.78, 5) is 4.55. The average molecular weight is 204 g/mol. The van der Waals surface area contributed by atoms with Crippen molar-refractivity contribution in [2.24, 2.45) is 0 Å². The first-order valence-corrected chi connectivity index (χ1v) is 5.91. The van der Waals surface area contributed by atoms with E-state index < -0.39 is 0 Å². The first-order chi connectivity index (χ1) is 6.40. The van der Waals surface area contributed by atoms with E-state index in [1.807, 2.05) is 6.07 Å². The third-order valence-corrected chi connectivity index (χ3v) is 3.36. The quantitative estimate of drug-likeness (QED) is 0.701. The Bertz CT molecular complexity index is 363. The van der Waals surface area contributed by atoms with Crippen molar-refractivity contribution >= 4 is 31.8 Å². The molecule has 3 heteroatoms. The number of rotatable bonds is 3. The van der Waals surface area contributed by atoms with Crippen LogP contribution in [0.1, 0.15) is 11.4 Å². The van der Waals surface area contributed by atoms with Crippen molar-refractivity contribution in [3.8, 4) is 0 Å². The second kappa shape index (κ2) is 4.02. The van der Waals surface area contributed by atoms with E-state index in [-0.39, 0.29) is 0 Å². The molecule has 1 nitrogen and oxygen atoms in total. The Morgan fingerprint density at radius 3 is 2.92 bits per heavy atom. The van der Waals surface area contributed by atoms with E-state index in [2.05, 4.69) is 33.4 Å². The number of nitrogens with zero attached hydrogens (tertiary/aromatic N) is 1. The van der Waals surface area contributed by atoms with E-state index in [1.54, 1.807) is 11.3 Å². The summed E-state index contributed by atoms with van der Waals surface area (Å²) in [6, 6.07) is 9.35. The molecule has 0 amide bonds. The minimum Gasteiger partial charge on any atom is -0.241 e. The van der Waals surface area contributed by atoms with Crippen LogP contribution in [0.25, 0.3) is 10.2 Å². The molecule has 0 aliphatic rings. The fourth-order valence-electron chi connectivity index (χ4n) is 1.27. The number of benzene rings is 1. The van der Waals surface area contributed by atoms with Gasteiger partial charge < -0.3 is 0 Å². The normalized spacial score (nSPS) is 10.8. The highest BCUT2D eigenvalue weighted by Gasteiger charge is 2.01. The molecule has 0 atom stereocenters. The number of aromatic nitrogens is 1. The van der Waals surface area contributed by atoms with Crippen LogP contribution < -0.4 is 0 Å². The lowest BCUT2D eigenvalue weighted by Gasteiger charge is -1.89.